The van der Waals surface area contributed by atoms with E-state index in [1.54, 1.807) is 30.2 Å². The van der Waals surface area contributed by atoms with Gasteiger partial charge in [0.25, 0.3) is 0 Å². The third kappa shape index (κ3) is 3.62. The van der Waals surface area contributed by atoms with Crippen LogP contribution in [0.2, 0.25) is 0 Å². The number of benzene rings is 2. The van der Waals surface area contributed by atoms with Crippen LogP contribution in [0.25, 0.3) is 10.6 Å². The fourth-order valence-corrected chi connectivity index (χ4v) is 3.65. The lowest BCUT2D eigenvalue weighted by atomic mass is 10.2. The second kappa shape index (κ2) is 6.74. The average Bonchev–Trinajstić information content (AvgIpc) is 3.03. The SMILES string of the molecule is COc1ccc(-c2nnc(SCc3ccccc3)s2)cc1. The molecule has 0 saturated carbocycles. The van der Waals surface area contributed by atoms with Gasteiger partial charge < -0.3 is 4.74 Å². The van der Waals surface area contributed by atoms with Crippen LogP contribution < -0.4 is 4.74 Å². The summed E-state index contributed by atoms with van der Waals surface area (Å²) in [6.07, 6.45) is 0. The zero-order chi connectivity index (χ0) is 14.5. The maximum atomic E-state index is 5.16. The van der Waals surface area contributed by atoms with Crippen LogP contribution in [-0.4, -0.2) is 17.3 Å². The number of methoxy groups -OCH3 is 1. The predicted octanol–water partition coefficient (Wildman–Crippen LogP) is 4.51. The van der Waals surface area contributed by atoms with Crippen molar-refractivity contribution >= 4 is 23.1 Å². The molecule has 0 unspecified atom stereocenters. The number of hydrogen-bond donors (Lipinski definition) is 0. The molecule has 3 rings (SSSR count). The molecule has 0 aliphatic heterocycles. The molecule has 5 heteroatoms. The van der Waals surface area contributed by atoms with E-state index in [1.807, 2.05) is 30.3 Å². The summed E-state index contributed by atoms with van der Waals surface area (Å²) in [6.45, 7) is 0. The molecule has 1 aromatic heterocycles. The molecule has 106 valence electrons. The van der Waals surface area contributed by atoms with E-state index in [-0.39, 0.29) is 0 Å². The van der Waals surface area contributed by atoms with E-state index < -0.39 is 0 Å². The molecular formula is C16H14N2OS2. The number of rotatable bonds is 5. The molecule has 0 atom stereocenters. The minimum atomic E-state index is 0.849. The highest BCUT2D eigenvalue weighted by molar-refractivity contribution is 8.00. The Balaban J connectivity index is 1.68. The molecular weight excluding hydrogens is 300 g/mol. The lowest BCUT2D eigenvalue weighted by Gasteiger charge is -1.99. The first kappa shape index (κ1) is 14.1. The van der Waals surface area contributed by atoms with Crippen molar-refractivity contribution < 1.29 is 4.74 Å². The summed E-state index contributed by atoms with van der Waals surface area (Å²) >= 11 is 3.34. The van der Waals surface area contributed by atoms with Gasteiger partial charge in [-0.3, -0.25) is 0 Å². The van der Waals surface area contributed by atoms with E-state index in [2.05, 4.69) is 34.5 Å². The van der Waals surface area contributed by atoms with Crippen LogP contribution in [0.5, 0.6) is 5.75 Å². The molecule has 21 heavy (non-hydrogen) atoms. The zero-order valence-corrected chi connectivity index (χ0v) is 13.2. The number of ether oxygens (including phenoxy) is 1. The van der Waals surface area contributed by atoms with Crippen molar-refractivity contribution in [2.75, 3.05) is 7.11 Å². The molecule has 0 bridgehead atoms. The average molecular weight is 314 g/mol. The minimum Gasteiger partial charge on any atom is -0.497 e. The Morgan fingerprint density at radius 2 is 1.76 bits per heavy atom. The predicted molar refractivity (Wildman–Crippen MR) is 87.9 cm³/mol. The van der Waals surface area contributed by atoms with Crippen molar-refractivity contribution in [3.63, 3.8) is 0 Å². The van der Waals surface area contributed by atoms with Gasteiger partial charge in [0.15, 0.2) is 4.34 Å². The van der Waals surface area contributed by atoms with E-state index >= 15 is 0 Å². The van der Waals surface area contributed by atoms with Crippen LogP contribution in [0.3, 0.4) is 0 Å². The molecule has 3 aromatic rings. The fourth-order valence-electron chi connectivity index (χ4n) is 1.84. The van der Waals surface area contributed by atoms with Crippen molar-refractivity contribution in [3.8, 4) is 16.3 Å². The summed E-state index contributed by atoms with van der Waals surface area (Å²) in [5.41, 5.74) is 2.36. The standard InChI is InChI=1S/C16H14N2OS2/c1-19-14-9-7-13(8-10-14)15-17-18-16(21-15)20-11-12-5-3-2-4-6-12/h2-10H,11H2,1H3. The fraction of sp³-hybridized carbons (Fsp3) is 0.125. The first-order chi connectivity index (χ1) is 10.3. The number of aromatic nitrogens is 2. The van der Waals surface area contributed by atoms with Gasteiger partial charge in [-0.1, -0.05) is 53.4 Å². The zero-order valence-electron chi connectivity index (χ0n) is 11.5. The third-order valence-electron chi connectivity index (χ3n) is 2.95. The van der Waals surface area contributed by atoms with Crippen LogP contribution in [-0.2, 0) is 5.75 Å². The van der Waals surface area contributed by atoms with Crippen molar-refractivity contribution in [1.29, 1.82) is 0 Å². The number of hydrogen-bond acceptors (Lipinski definition) is 5. The summed E-state index contributed by atoms with van der Waals surface area (Å²) in [5, 5.41) is 9.45. The van der Waals surface area contributed by atoms with Crippen molar-refractivity contribution in [2.24, 2.45) is 0 Å². The minimum absolute atomic E-state index is 0.849. The highest BCUT2D eigenvalue weighted by Crippen LogP contribution is 2.31. The largest absolute Gasteiger partial charge is 0.497 e. The van der Waals surface area contributed by atoms with Gasteiger partial charge in [-0.2, -0.15) is 0 Å². The molecule has 0 radical (unpaired) electrons. The highest BCUT2D eigenvalue weighted by Gasteiger charge is 2.07. The van der Waals surface area contributed by atoms with Gasteiger partial charge in [0.1, 0.15) is 10.8 Å². The monoisotopic (exact) mass is 314 g/mol. The molecule has 0 aliphatic carbocycles. The second-order valence-corrected chi connectivity index (χ2v) is 6.58. The Labute approximate surface area is 132 Å². The van der Waals surface area contributed by atoms with Crippen molar-refractivity contribution in [3.05, 3.63) is 60.2 Å². The molecule has 3 nitrogen and oxygen atoms in total. The first-order valence-electron chi connectivity index (χ1n) is 6.50. The summed E-state index contributed by atoms with van der Waals surface area (Å²) in [6, 6.07) is 18.3. The Kier molecular flexibility index (Phi) is 4.52. The third-order valence-corrected chi connectivity index (χ3v) is 5.13. The van der Waals surface area contributed by atoms with Crippen molar-refractivity contribution in [2.45, 2.75) is 10.1 Å². The highest BCUT2D eigenvalue weighted by atomic mass is 32.2. The van der Waals surface area contributed by atoms with E-state index in [0.717, 1.165) is 26.4 Å². The van der Waals surface area contributed by atoms with Crippen LogP contribution >= 0.6 is 23.1 Å². The summed E-state index contributed by atoms with van der Waals surface area (Å²) < 4.78 is 6.15. The topological polar surface area (TPSA) is 35.0 Å². The summed E-state index contributed by atoms with van der Waals surface area (Å²) in [7, 11) is 1.66. The van der Waals surface area contributed by atoms with E-state index in [4.69, 9.17) is 4.74 Å². The number of nitrogens with zero attached hydrogens (tertiary/aromatic N) is 2. The Morgan fingerprint density at radius 3 is 2.48 bits per heavy atom. The van der Waals surface area contributed by atoms with Gasteiger partial charge in [0, 0.05) is 11.3 Å². The van der Waals surface area contributed by atoms with Gasteiger partial charge in [-0.25, -0.2) is 0 Å². The Bertz CT molecular complexity index is 696. The van der Waals surface area contributed by atoms with Gasteiger partial charge >= 0.3 is 0 Å². The molecule has 0 fully saturated rings. The Morgan fingerprint density at radius 1 is 1.00 bits per heavy atom. The summed E-state index contributed by atoms with van der Waals surface area (Å²) in [4.78, 5) is 0. The van der Waals surface area contributed by atoms with Gasteiger partial charge in [-0.15, -0.1) is 10.2 Å². The van der Waals surface area contributed by atoms with E-state index in [9.17, 15) is 0 Å². The molecule has 0 saturated heterocycles. The Hall–Kier alpha value is -1.85. The maximum Gasteiger partial charge on any atom is 0.174 e. The van der Waals surface area contributed by atoms with Crippen molar-refractivity contribution in [1.82, 2.24) is 10.2 Å². The molecule has 0 spiro atoms. The van der Waals surface area contributed by atoms with E-state index in [1.165, 1.54) is 5.56 Å². The number of thioether (sulfide) groups is 1. The molecule has 2 aromatic carbocycles. The molecule has 0 amide bonds. The lowest BCUT2D eigenvalue weighted by Crippen LogP contribution is -1.82. The quantitative estimate of drug-likeness (QED) is 0.649. The van der Waals surface area contributed by atoms with Crippen LogP contribution in [0, 0.1) is 0 Å². The van der Waals surface area contributed by atoms with Crippen LogP contribution in [0.1, 0.15) is 5.56 Å². The molecule has 1 heterocycles. The normalized spacial score (nSPS) is 10.5. The van der Waals surface area contributed by atoms with Gasteiger partial charge in [0.2, 0.25) is 0 Å². The molecule has 0 aliphatic rings. The summed E-state index contributed by atoms with van der Waals surface area (Å²) in [5.74, 6) is 1.76. The second-order valence-electron chi connectivity index (χ2n) is 4.38. The van der Waals surface area contributed by atoms with Crippen LogP contribution in [0.15, 0.2) is 58.9 Å². The van der Waals surface area contributed by atoms with Gasteiger partial charge in [0.05, 0.1) is 7.11 Å². The van der Waals surface area contributed by atoms with E-state index in [0.29, 0.717) is 0 Å². The molecule has 0 N–H and O–H groups in total. The van der Waals surface area contributed by atoms with Gasteiger partial charge in [-0.05, 0) is 29.8 Å². The maximum absolute atomic E-state index is 5.16. The van der Waals surface area contributed by atoms with Crippen LogP contribution in [0.4, 0.5) is 0 Å². The lowest BCUT2D eigenvalue weighted by molar-refractivity contribution is 0.415. The first-order valence-corrected chi connectivity index (χ1v) is 8.30. The smallest absolute Gasteiger partial charge is 0.174 e.